The van der Waals surface area contributed by atoms with Gasteiger partial charge in [0.15, 0.2) is 0 Å². The summed E-state index contributed by atoms with van der Waals surface area (Å²) in [4.78, 5) is 1.12. The summed E-state index contributed by atoms with van der Waals surface area (Å²) in [5, 5.41) is 3.34. The Bertz CT molecular complexity index is 536. The number of rotatable bonds is 9. The fourth-order valence-corrected chi connectivity index (χ4v) is 5.17. The lowest BCUT2D eigenvalue weighted by Crippen LogP contribution is -2.40. The maximum absolute atomic E-state index is 12.4. The highest BCUT2D eigenvalue weighted by Crippen LogP contribution is 2.30. The fourth-order valence-electron chi connectivity index (χ4n) is 2.49. The Morgan fingerprint density at radius 2 is 2.10 bits per heavy atom. The van der Waals surface area contributed by atoms with E-state index in [1.165, 1.54) is 17.8 Å². The largest absolute Gasteiger partial charge is 0.316 e. The molecule has 1 aromatic rings. The molecule has 2 N–H and O–H groups in total. The molecule has 1 saturated carbocycles. The van der Waals surface area contributed by atoms with Crippen LogP contribution in [0.3, 0.4) is 0 Å². The minimum Gasteiger partial charge on any atom is -0.316 e. The summed E-state index contributed by atoms with van der Waals surface area (Å²) in [7, 11) is -3.35. The van der Waals surface area contributed by atoms with Gasteiger partial charge in [0.25, 0.3) is 0 Å². The zero-order valence-electron chi connectivity index (χ0n) is 12.9. The van der Waals surface area contributed by atoms with Crippen LogP contribution in [0.2, 0.25) is 0 Å². The smallest absolute Gasteiger partial charge is 0.250 e. The van der Waals surface area contributed by atoms with Gasteiger partial charge < -0.3 is 5.32 Å². The van der Waals surface area contributed by atoms with Crippen molar-refractivity contribution >= 4 is 21.4 Å². The van der Waals surface area contributed by atoms with Crippen molar-refractivity contribution in [3.63, 3.8) is 0 Å². The standard InChI is InChI=1S/C15H26N2O2S2/c1-3-10-16-11-9-14-7-8-15(20-14)21(18,19)17-12(2)13-5-4-6-13/h7-8,12-13,16-17H,3-6,9-11H2,1-2H3. The van der Waals surface area contributed by atoms with Crippen molar-refractivity contribution in [2.45, 2.75) is 56.2 Å². The topological polar surface area (TPSA) is 58.2 Å². The molecule has 0 radical (unpaired) electrons. The van der Waals surface area contributed by atoms with Crippen molar-refractivity contribution in [2.75, 3.05) is 13.1 Å². The third-order valence-electron chi connectivity index (χ3n) is 4.07. The molecule has 1 fully saturated rings. The van der Waals surface area contributed by atoms with E-state index in [0.717, 1.165) is 43.6 Å². The van der Waals surface area contributed by atoms with E-state index >= 15 is 0 Å². The van der Waals surface area contributed by atoms with E-state index in [1.54, 1.807) is 6.07 Å². The van der Waals surface area contributed by atoms with Crippen molar-refractivity contribution in [3.8, 4) is 0 Å². The van der Waals surface area contributed by atoms with Gasteiger partial charge in [-0.2, -0.15) is 0 Å². The fraction of sp³-hybridized carbons (Fsp3) is 0.733. The average Bonchev–Trinajstić information content (AvgIpc) is 2.81. The minimum atomic E-state index is -3.35. The molecular formula is C15H26N2O2S2. The monoisotopic (exact) mass is 330 g/mol. The van der Waals surface area contributed by atoms with Gasteiger partial charge in [-0.25, -0.2) is 13.1 Å². The molecule has 1 atom stereocenters. The predicted octanol–water partition coefficient (Wildman–Crippen LogP) is 2.76. The van der Waals surface area contributed by atoms with Crippen molar-refractivity contribution in [3.05, 3.63) is 17.0 Å². The molecule has 4 nitrogen and oxygen atoms in total. The van der Waals surface area contributed by atoms with Crippen molar-refractivity contribution in [1.29, 1.82) is 0 Å². The second-order valence-corrected chi connectivity index (χ2v) is 8.93. The van der Waals surface area contributed by atoms with Gasteiger partial charge in [-0.05, 0) is 63.7 Å². The van der Waals surface area contributed by atoms with E-state index in [2.05, 4.69) is 17.0 Å². The van der Waals surface area contributed by atoms with Gasteiger partial charge >= 0.3 is 0 Å². The SMILES string of the molecule is CCCNCCc1ccc(S(=O)(=O)NC(C)C2CCC2)s1. The van der Waals surface area contributed by atoms with Gasteiger partial charge in [-0.1, -0.05) is 13.3 Å². The van der Waals surface area contributed by atoms with Crippen LogP contribution in [0.4, 0.5) is 0 Å². The lowest BCUT2D eigenvalue weighted by Gasteiger charge is -2.31. The van der Waals surface area contributed by atoms with E-state index in [-0.39, 0.29) is 6.04 Å². The second kappa shape index (κ2) is 7.72. The van der Waals surface area contributed by atoms with Crippen LogP contribution in [0, 0.1) is 5.92 Å². The van der Waals surface area contributed by atoms with Crippen molar-refractivity contribution < 1.29 is 8.42 Å². The Morgan fingerprint density at radius 1 is 1.33 bits per heavy atom. The van der Waals surface area contributed by atoms with E-state index < -0.39 is 10.0 Å². The minimum absolute atomic E-state index is 0.0421. The first-order valence-electron chi connectivity index (χ1n) is 7.84. The first-order valence-corrected chi connectivity index (χ1v) is 10.1. The lowest BCUT2D eigenvalue weighted by atomic mass is 9.81. The highest BCUT2D eigenvalue weighted by Gasteiger charge is 2.28. The molecule has 0 saturated heterocycles. The van der Waals surface area contributed by atoms with Crippen LogP contribution in [-0.2, 0) is 16.4 Å². The van der Waals surface area contributed by atoms with Crippen LogP contribution < -0.4 is 10.0 Å². The number of sulfonamides is 1. The Morgan fingerprint density at radius 3 is 2.71 bits per heavy atom. The first kappa shape index (κ1) is 16.9. The van der Waals surface area contributed by atoms with Crippen LogP contribution in [0.1, 0.15) is 44.4 Å². The molecule has 21 heavy (non-hydrogen) atoms. The molecule has 0 bridgehead atoms. The quantitative estimate of drug-likeness (QED) is 0.685. The number of hydrogen-bond donors (Lipinski definition) is 2. The molecule has 1 aliphatic rings. The van der Waals surface area contributed by atoms with Gasteiger partial charge in [-0.3, -0.25) is 0 Å². The molecule has 0 aromatic carbocycles. The molecule has 2 rings (SSSR count). The van der Waals surface area contributed by atoms with Gasteiger partial charge in [0.2, 0.25) is 10.0 Å². The normalized spacial score (nSPS) is 17.6. The van der Waals surface area contributed by atoms with E-state index in [1.807, 2.05) is 13.0 Å². The van der Waals surface area contributed by atoms with Gasteiger partial charge in [-0.15, -0.1) is 11.3 Å². The molecule has 1 heterocycles. The van der Waals surface area contributed by atoms with E-state index in [0.29, 0.717) is 10.1 Å². The molecule has 6 heteroatoms. The molecule has 1 aliphatic carbocycles. The summed E-state index contributed by atoms with van der Waals surface area (Å²) in [5.74, 6) is 0.512. The summed E-state index contributed by atoms with van der Waals surface area (Å²) in [6.07, 6.45) is 5.51. The Labute approximate surface area is 132 Å². The Balaban J connectivity index is 1.89. The Kier molecular flexibility index (Phi) is 6.22. The van der Waals surface area contributed by atoms with Gasteiger partial charge in [0.1, 0.15) is 4.21 Å². The van der Waals surface area contributed by atoms with Crippen LogP contribution in [0.5, 0.6) is 0 Å². The third kappa shape index (κ3) is 4.77. The van der Waals surface area contributed by atoms with E-state index in [4.69, 9.17) is 0 Å². The molecule has 0 amide bonds. The highest BCUT2D eigenvalue weighted by atomic mass is 32.2. The highest BCUT2D eigenvalue weighted by molar-refractivity contribution is 7.91. The Hall–Kier alpha value is -0.430. The number of nitrogens with one attached hydrogen (secondary N) is 2. The molecule has 1 aromatic heterocycles. The molecule has 120 valence electrons. The van der Waals surface area contributed by atoms with Gasteiger partial charge in [0, 0.05) is 10.9 Å². The van der Waals surface area contributed by atoms with Crippen LogP contribution in [0.15, 0.2) is 16.3 Å². The summed E-state index contributed by atoms with van der Waals surface area (Å²) in [6.45, 7) is 6.03. The van der Waals surface area contributed by atoms with Crippen LogP contribution >= 0.6 is 11.3 Å². The zero-order chi connectivity index (χ0) is 15.3. The van der Waals surface area contributed by atoms with Gasteiger partial charge in [0.05, 0.1) is 0 Å². The molecule has 1 unspecified atom stereocenters. The second-order valence-electron chi connectivity index (χ2n) is 5.82. The number of hydrogen-bond acceptors (Lipinski definition) is 4. The number of thiophene rings is 1. The van der Waals surface area contributed by atoms with Crippen molar-refractivity contribution in [2.24, 2.45) is 5.92 Å². The first-order chi connectivity index (χ1) is 10.0. The molecular weight excluding hydrogens is 304 g/mol. The third-order valence-corrected chi connectivity index (χ3v) is 7.27. The maximum atomic E-state index is 12.4. The van der Waals surface area contributed by atoms with Crippen LogP contribution in [-0.4, -0.2) is 27.5 Å². The average molecular weight is 331 g/mol. The summed E-state index contributed by atoms with van der Waals surface area (Å²) in [5.41, 5.74) is 0. The maximum Gasteiger partial charge on any atom is 0.250 e. The van der Waals surface area contributed by atoms with Crippen molar-refractivity contribution in [1.82, 2.24) is 10.0 Å². The summed E-state index contributed by atoms with van der Waals surface area (Å²) >= 11 is 1.39. The summed E-state index contributed by atoms with van der Waals surface area (Å²) in [6, 6.07) is 3.71. The molecule has 0 spiro atoms. The molecule has 0 aliphatic heterocycles. The zero-order valence-corrected chi connectivity index (χ0v) is 14.5. The summed E-state index contributed by atoms with van der Waals surface area (Å²) < 4.78 is 28.0. The van der Waals surface area contributed by atoms with Crippen LogP contribution in [0.25, 0.3) is 0 Å². The predicted molar refractivity (Wildman–Crippen MR) is 88.3 cm³/mol. The van der Waals surface area contributed by atoms with E-state index in [9.17, 15) is 8.42 Å². The lowest BCUT2D eigenvalue weighted by molar-refractivity contribution is 0.260.